The number of ether oxygens (including phenoxy) is 2. The number of aliphatic hydroxyl groups is 1. The molecule has 0 saturated heterocycles. The van der Waals surface area contributed by atoms with E-state index < -0.39 is 39.8 Å². The first-order chi connectivity index (χ1) is 9.30. The Bertz CT molecular complexity index is 442. The summed E-state index contributed by atoms with van der Waals surface area (Å²) < 4.78 is 67.4. The van der Waals surface area contributed by atoms with Crippen molar-refractivity contribution >= 4 is 22.1 Å². The topological polar surface area (TPSA) is 116 Å². The molecule has 0 heterocycles. The second-order valence-corrected chi connectivity index (χ2v) is 4.92. The zero-order valence-electron chi connectivity index (χ0n) is 11.5. The van der Waals surface area contributed by atoms with Crippen LogP contribution in [-0.4, -0.2) is 57.4 Å². The largest absolute Gasteiger partial charge is 0.523 e. The summed E-state index contributed by atoms with van der Waals surface area (Å²) in [6.45, 7) is 2.18. The Morgan fingerprint density at radius 3 is 1.62 bits per heavy atom. The van der Waals surface area contributed by atoms with Gasteiger partial charge in [0.15, 0.2) is 6.10 Å². The van der Waals surface area contributed by atoms with Crippen LogP contribution < -0.4 is 0 Å². The van der Waals surface area contributed by atoms with Gasteiger partial charge in [-0.3, -0.25) is 0 Å². The van der Waals surface area contributed by atoms with Crippen LogP contribution in [-0.2, 0) is 33.4 Å². The van der Waals surface area contributed by atoms with Crippen molar-refractivity contribution in [1.29, 1.82) is 0 Å². The summed E-state index contributed by atoms with van der Waals surface area (Å²) in [5.74, 6) is -1.81. The molecule has 0 saturated carbocycles. The lowest BCUT2D eigenvalue weighted by atomic mass is 10.4. The zero-order chi connectivity index (χ0) is 17.4. The van der Waals surface area contributed by atoms with E-state index in [1.807, 2.05) is 0 Å². The highest BCUT2D eigenvalue weighted by Gasteiger charge is 2.49. The third kappa shape index (κ3) is 8.47. The SMILES string of the molecule is COC(=O)[C@@H](C)O.COC(=O)[C@@H](C)OS(=O)(=O)C(F)(F)F. The van der Waals surface area contributed by atoms with Gasteiger partial charge < -0.3 is 14.6 Å². The van der Waals surface area contributed by atoms with Crippen molar-refractivity contribution in [2.75, 3.05) is 14.2 Å². The van der Waals surface area contributed by atoms with Crippen LogP contribution in [0.4, 0.5) is 13.2 Å². The predicted molar refractivity (Wildman–Crippen MR) is 61.2 cm³/mol. The van der Waals surface area contributed by atoms with Gasteiger partial charge in [-0.1, -0.05) is 0 Å². The zero-order valence-corrected chi connectivity index (χ0v) is 12.3. The number of rotatable bonds is 4. The fraction of sp³-hybridized carbons (Fsp3) is 0.778. The van der Waals surface area contributed by atoms with Crippen molar-refractivity contribution in [3.63, 3.8) is 0 Å². The molecular weight excluding hydrogens is 325 g/mol. The van der Waals surface area contributed by atoms with E-state index in [-0.39, 0.29) is 0 Å². The van der Waals surface area contributed by atoms with Gasteiger partial charge in [-0.25, -0.2) is 13.8 Å². The van der Waals surface area contributed by atoms with E-state index in [9.17, 15) is 31.2 Å². The molecule has 0 fully saturated rings. The van der Waals surface area contributed by atoms with Gasteiger partial charge in [0.2, 0.25) is 0 Å². The molecule has 0 rings (SSSR count). The molecule has 0 spiro atoms. The Balaban J connectivity index is 0. The number of alkyl halides is 3. The number of esters is 2. The maximum absolute atomic E-state index is 11.7. The highest BCUT2D eigenvalue weighted by atomic mass is 32.2. The van der Waals surface area contributed by atoms with Gasteiger partial charge in [0.05, 0.1) is 14.2 Å². The highest BCUT2D eigenvalue weighted by Crippen LogP contribution is 2.25. The number of aliphatic hydroxyl groups excluding tert-OH is 1. The summed E-state index contributed by atoms with van der Waals surface area (Å²) in [6.07, 6.45) is -2.82. The summed E-state index contributed by atoms with van der Waals surface area (Å²) in [4.78, 5) is 20.6. The number of hydrogen-bond donors (Lipinski definition) is 1. The molecule has 0 aliphatic carbocycles. The van der Waals surface area contributed by atoms with Gasteiger partial charge in [-0.2, -0.15) is 21.6 Å². The number of hydrogen-bond acceptors (Lipinski definition) is 8. The standard InChI is InChI=1S/C5H7F3O5S.C4H8O3/c1-3(4(9)12-2)13-14(10,11)5(6,7)8;1-3(5)4(6)7-2/h3H,1-2H3;3,5H,1-2H3/t2*3-/m11/s1. The molecule has 0 aromatic carbocycles. The minimum Gasteiger partial charge on any atom is -0.467 e. The molecule has 1 N–H and O–H groups in total. The first-order valence-corrected chi connectivity index (χ1v) is 6.54. The quantitative estimate of drug-likeness (QED) is 0.430. The van der Waals surface area contributed by atoms with Gasteiger partial charge in [-0.15, -0.1) is 0 Å². The molecule has 0 radical (unpaired) electrons. The molecule has 0 aromatic heterocycles. The number of methoxy groups -OCH3 is 2. The van der Waals surface area contributed by atoms with Gasteiger partial charge in [0.25, 0.3) is 0 Å². The third-order valence-corrected chi connectivity index (χ3v) is 2.74. The van der Waals surface area contributed by atoms with Gasteiger partial charge in [0, 0.05) is 0 Å². The van der Waals surface area contributed by atoms with E-state index >= 15 is 0 Å². The molecule has 0 amide bonds. The van der Waals surface area contributed by atoms with Crippen LogP contribution in [0.15, 0.2) is 0 Å². The molecule has 0 aliphatic rings. The molecule has 0 bridgehead atoms. The Morgan fingerprint density at radius 1 is 1.05 bits per heavy atom. The average Bonchev–Trinajstić information content (AvgIpc) is 2.35. The van der Waals surface area contributed by atoms with Crippen LogP contribution in [0.2, 0.25) is 0 Å². The lowest BCUT2D eigenvalue weighted by molar-refractivity contribution is -0.149. The molecule has 8 nitrogen and oxygen atoms in total. The molecule has 0 aromatic rings. The molecule has 0 aliphatic heterocycles. The van der Waals surface area contributed by atoms with Crippen LogP contribution in [0.3, 0.4) is 0 Å². The molecular formula is C9H15F3O8S. The molecule has 12 heteroatoms. The minimum atomic E-state index is -5.75. The Morgan fingerprint density at radius 2 is 1.43 bits per heavy atom. The smallest absolute Gasteiger partial charge is 0.467 e. The molecule has 0 unspecified atom stereocenters. The fourth-order valence-corrected chi connectivity index (χ4v) is 1.19. The summed E-state index contributed by atoms with van der Waals surface area (Å²) >= 11 is 0. The van der Waals surface area contributed by atoms with Crippen molar-refractivity contribution in [2.45, 2.75) is 31.6 Å². The second-order valence-electron chi connectivity index (χ2n) is 3.36. The van der Waals surface area contributed by atoms with E-state index in [0.29, 0.717) is 0 Å². The Labute approximate surface area is 118 Å². The van der Waals surface area contributed by atoms with E-state index in [1.165, 1.54) is 14.0 Å². The summed E-state index contributed by atoms with van der Waals surface area (Å²) in [6, 6.07) is 0. The summed E-state index contributed by atoms with van der Waals surface area (Å²) in [5.41, 5.74) is -5.55. The summed E-state index contributed by atoms with van der Waals surface area (Å²) in [7, 11) is -3.63. The van der Waals surface area contributed by atoms with Gasteiger partial charge in [0.1, 0.15) is 6.10 Å². The van der Waals surface area contributed by atoms with Crippen molar-refractivity contribution in [3.05, 3.63) is 0 Å². The lowest BCUT2D eigenvalue weighted by Gasteiger charge is -2.12. The number of halogens is 3. The first-order valence-electron chi connectivity index (χ1n) is 5.13. The third-order valence-electron chi connectivity index (χ3n) is 1.63. The maximum Gasteiger partial charge on any atom is 0.523 e. The van der Waals surface area contributed by atoms with E-state index in [4.69, 9.17) is 5.11 Å². The maximum atomic E-state index is 11.7. The first kappa shape index (κ1) is 21.9. The Kier molecular flexibility index (Phi) is 9.16. The van der Waals surface area contributed by atoms with E-state index in [2.05, 4.69) is 13.7 Å². The lowest BCUT2D eigenvalue weighted by Crippen LogP contribution is -2.33. The highest BCUT2D eigenvalue weighted by molar-refractivity contribution is 7.87. The van der Waals surface area contributed by atoms with E-state index in [1.54, 1.807) is 0 Å². The van der Waals surface area contributed by atoms with Crippen molar-refractivity contribution in [3.8, 4) is 0 Å². The van der Waals surface area contributed by atoms with E-state index in [0.717, 1.165) is 14.0 Å². The normalized spacial score (nSPS) is 14.3. The van der Waals surface area contributed by atoms with Crippen LogP contribution in [0.25, 0.3) is 0 Å². The van der Waals surface area contributed by atoms with Crippen molar-refractivity contribution < 1.29 is 49.9 Å². The molecule has 21 heavy (non-hydrogen) atoms. The Hall–Kier alpha value is -1.40. The second kappa shape index (κ2) is 8.79. The van der Waals surface area contributed by atoms with Crippen LogP contribution in [0.5, 0.6) is 0 Å². The fourth-order valence-electron chi connectivity index (χ4n) is 0.620. The monoisotopic (exact) mass is 340 g/mol. The van der Waals surface area contributed by atoms with Crippen molar-refractivity contribution in [2.24, 2.45) is 0 Å². The summed E-state index contributed by atoms with van der Waals surface area (Å²) in [5, 5.41) is 8.35. The van der Waals surface area contributed by atoms with Gasteiger partial charge >= 0.3 is 27.6 Å². The number of carbonyl (C=O) groups is 2. The van der Waals surface area contributed by atoms with Crippen molar-refractivity contribution in [1.82, 2.24) is 0 Å². The number of carbonyl (C=O) groups excluding carboxylic acids is 2. The molecule has 2 atom stereocenters. The van der Waals surface area contributed by atoms with Crippen LogP contribution in [0.1, 0.15) is 13.8 Å². The average molecular weight is 340 g/mol. The van der Waals surface area contributed by atoms with Gasteiger partial charge in [-0.05, 0) is 13.8 Å². The van der Waals surface area contributed by atoms with Crippen LogP contribution >= 0.6 is 0 Å². The minimum absolute atomic E-state index is 0.597. The van der Waals surface area contributed by atoms with Crippen LogP contribution in [0, 0.1) is 0 Å². The molecule has 126 valence electrons. The predicted octanol–water partition coefficient (Wildman–Crippen LogP) is -0.0457.